The van der Waals surface area contributed by atoms with Gasteiger partial charge in [-0.3, -0.25) is 14.5 Å². The molecule has 35 heavy (non-hydrogen) atoms. The van der Waals surface area contributed by atoms with Gasteiger partial charge in [-0.1, -0.05) is 44.0 Å². The topological polar surface area (TPSA) is 94.2 Å². The maximum absolute atomic E-state index is 13.7. The van der Waals surface area contributed by atoms with Crippen molar-refractivity contribution in [1.82, 2.24) is 4.90 Å². The quantitative estimate of drug-likeness (QED) is 0.515. The van der Waals surface area contributed by atoms with Gasteiger partial charge in [0.1, 0.15) is 0 Å². The fourth-order valence-corrected chi connectivity index (χ4v) is 5.50. The number of aliphatic imine (C=N–C) groups is 1. The molecule has 2 aliphatic rings. The maximum Gasteiger partial charge on any atom is 0.267 e. The highest BCUT2D eigenvalue weighted by Crippen LogP contribution is 2.40. The number of ether oxygens (including phenoxy) is 2. The van der Waals surface area contributed by atoms with Crippen LogP contribution in [0.15, 0.2) is 58.4 Å². The van der Waals surface area contributed by atoms with E-state index < -0.39 is 5.91 Å². The van der Waals surface area contributed by atoms with Gasteiger partial charge in [-0.2, -0.15) is 0 Å². The van der Waals surface area contributed by atoms with Crippen LogP contribution in [0.25, 0.3) is 6.08 Å². The summed E-state index contributed by atoms with van der Waals surface area (Å²) in [5.41, 5.74) is 6.83. The average molecular weight is 494 g/mol. The predicted octanol–water partition coefficient (Wildman–Crippen LogP) is 5.13. The van der Waals surface area contributed by atoms with Crippen molar-refractivity contribution in [3.63, 3.8) is 0 Å². The molecule has 0 unspecified atom stereocenters. The minimum atomic E-state index is -0.561. The third-order valence-corrected chi connectivity index (χ3v) is 7.13. The van der Waals surface area contributed by atoms with Gasteiger partial charge in [-0.25, -0.2) is 4.99 Å². The van der Waals surface area contributed by atoms with Crippen LogP contribution in [0.3, 0.4) is 0 Å². The largest absolute Gasteiger partial charge is 0.490 e. The van der Waals surface area contributed by atoms with E-state index in [-0.39, 0.29) is 18.6 Å². The van der Waals surface area contributed by atoms with Crippen molar-refractivity contribution in [2.45, 2.75) is 45.6 Å². The third-order valence-electron chi connectivity index (χ3n) is 6.15. The van der Waals surface area contributed by atoms with E-state index in [0.29, 0.717) is 28.9 Å². The van der Waals surface area contributed by atoms with Gasteiger partial charge in [0, 0.05) is 6.04 Å². The van der Waals surface area contributed by atoms with E-state index in [1.54, 1.807) is 12.1 Å². The number of amides is 2. The molecule has 184 valence electrons. The summed E-state index contributed by atoms with van der Waals surface area (Å²) in [6, 6.07) is 15.2. The summed E-state index contributed by atoms with van der Waals surface area (Å²) in [4.78, 5) is 32.1. The zero-order valence-electron chi connectivity index (χ0n) is 20.1. The lowest BCUT2D eigenvalue weighted by molar-refractivity contribution is -0.125. The molecule has 1 aliphatic heterocycles. The number of nitrogens with zero attached hydrogens (tertiary/aromatic N) is 2. The van der Waals surface area contributed by atoms with Crippen LogP contribution in [0.2, 0.25) is 0 Å². The van der Waals surface area contributed by atoms with E-state index in [4.69, 9.17) is 20.2 Å². The molecule has 0 aromatic heterocycles. The Kier molecular flexibility index (Phi) is 8.13. The van der Waals surface area contributed by atoms with Crippen LogP contribution in [0, 0.1) is 5.92 Å². The number of thioether (sulfide) groups is 1. The molecule has 7 nitrogen and oxygen atoms in total. The van der Waals surface area contributed by atoms with E-state index in [2.05, 4.69) is 6.92 Å². The first-order valence-corrected chi connectivity index (χ1v) is 12.8. The zero-order valence-corrected chi connectivity index (χ0v) is 20.9. The van der Waals surface area contributed by atoms with Crippen LogP contribution in [0.1, 0.15) is 45.1 Å². The molecule has 4 rings (SSSR count). The molecule has 8 heteroatoms. The molecule has 0 radical (unpaired) electrons. The van der Waals surface area contributed by atoms with E-state index in [1.807, 2.05) is 54.3 Å². The number of carbonyl (C=O) groups is 2. The number of para-hydroxylation sites is 1. The Morgan fingerprint density at radius 1 is 1.14 bits per heavy atom. The number of amidine groups is 1. The molecule has 2 atom stereocenters. The first-order chi connectivity index (χ1) is 17.0. The summed E-state index contributed by atoms with van der Waals surface area (Å²) in [6.07, 6.45) is 6.27. The molecule has 1 heterocycles. The average Bonchev–Trinajstić information content (AvgIpc) is 3.14. The van der Waals surface area contributed by atoms with Crippen molar-refractivity contribution >= 4 is 40.5 Å². The van der Waals surface area contributed by atoms with Crippen LogP contribution < -0.4 is 15.2 Å². The second-order valence-electron chi connectivity index (χ2n) is 8.74. The Morgan fingerprint density at radius 2 is 1.91 bits per heavy atom. The Balaban J connectivity index is 1.67. The third kappa shape index (κ3) is 6.06. The first-order valence-electron chi connectivity index (χ1n) is 12.0. The van der Waals surface area contributed by atoms with Crippen molar-refractivity contribution < 1.29 is 19.1 Å². The molecule has 0 bridgehead atoms. The molecule has 1 aliphatic carbocycles. The Hall–Kier alpha value is -3.26. The lowest BCUT2D eigenvalue weighted by Crippen LogP contribution is -2.44. The van der Waals surface area contributed by atoms with Gasteiger partial charge in [-0.05, 0) is 73.4 Å². The smallest absolute Gasteiger partial charge is 0.267 e. The second kappa shape index (κ2) is 11.4. The molecule has 2 N–H and O–H groups in total. The van der Waals surface area contributed by atoms with Gasteiger partial charge >= 0.3 is 0 Å². The SMILES string of the molecule is CCOc1cc(/C=C2\SC(=Nc3ccccc3)N([C@H]3CCCC[C@@H]3C)C2=O)ccc1OCC(N)=O. The number of hydrogen-bond acceptors (Lipinski definition) is 6. The van der Waals surface area contributed by atoms with Gasteiger partial charge in [0.15, 0.2) is 23.3 Å². The summed E-state index contributed by atoms with van der Waals surface area (Å²) in [5, 5.41) is 0.720. The van der Waals surface area contributed by atoms with Gasteiger partial charge in [-0.15, -0.1) is 0 Å². The van der Waals surface area contributed by atoms with E-state index in [0.717, 1.165) is 35.7 Å². The molecule has 2 amide bonds. The number of nitrogens with two attached hydrogens (primary N) is 1. The van der Waals surface area contributed by atoms with Gasteiger partial charge < -0.3 is 15.2 Å². The van der Waals surface area contributed by atoms with E-state index >= 15 is 0 Å². The summed E-state index contributed by atoms with van der Waals surface area (Å²) in [7, 11) is 0. The number of primary amides is 1. The number of hydrogen-bond donors (Lipinski definition) is 1. The summed E-state index contributed by atoms with van der Waals surface area (Å²) in [5.74, 6) is 0.765. The summed E-state index contributed by atoms with van der Waals surface area (Å²) >= 11 is 1.40. The highest BCUT2D eigenvalue weighted by atomic mass is 32.2. The highest BCUT2D eigenvalue weighted by molar-refractivity contribution is 8.18. The predicted molar refractivity (Wildman–Crippen MR) is 140 cm³/mol. The molecular formula is C27H31N3O4S. The van der Waals surface area contributed by atoms with Crippen LogP contribution in [-0.2, 0) is 9.59 Å². The fourth-order valence-electron chi connectivity index (χ4n) is 4.45. The molecule has 1 saturated carbocycles. The van der Waals surface area contributed by atoms with E-state index in [9.17, 15) is 9.59 Å². The van der Waals surface area contributed by atoms with Gasteiger partial charge in [0.25, 0.3) is 11.8 Å². The molecule has 0 spiro atoms. The molecule has 2 aromatic rings. The normalized spacial score (nSPS) is 22.6. The Morgan fingerprint density at radius 3 is 2.63 bits per heavy atom. The van der Waals surface area contributed by atoms with Crippen molar-refractivity contribution in [2.75, 3.05) is 13.2 Å². The number of benzene rings is 2. The van der Waals surface area contributed by atoms with Crippen LogP contribution in [-0.4, -0.2) is 41.1 Å². The van der Waals surface area contributed by atoms with Gasteiger partial charge in [0.05, 0.1) is 17.2 Å². The summed E-state index contributed by atoms with van der Waals surface area (Å²) < 4.78 is 11.2. The van der Waals surface area contributed by atoms with Crippen molar-refractivity contribution in [1.29, 1.82) is 0 Å². The van der Waals surface area contributed by atoms with Crippen molar-refractivity contribution in [3.8, 4) is 11.5 Å². The molecule has 2 fully saturated rings. The maximum atomic E-state index is 13.7. The zero-order chi connectivity index (χ0) is 24.8. The molecule has 1 saturated heterocycles. The number of carbonyl (C=O) groups excluding carboxylic acids is 2. The lowest BCUT2D eigenvalue weighted by atomic mass is 9.85. The molecule has 2 aromatic carbocycles. The molecular weight excluding hydrogens is 462 g/mol. The Bertz CT molecular complexity index is 1130. The van der Waals surface area contributed by atoms with Crippen molar-refractivity contribution in [3.05, 3.63) is 59.0 Å². The van der Waals surface area contributed by atoms with Gasteiger partial charge in [0.2, 0.25) is 0 Å². The minimum absolute atomic E-state index is 0.0181. The first kappa shape index (κ1) is 24.9. The van der Waals surface area contributed by atoms with Crippen molar-refractivity contribution in [2.24, 2.45) is 16.6 Å². The summed E-state index contributed by atoms with van der Waals surface area (Å²) in [6.45, 7) is 4.29. The second-order valence-corrected chi connectivity index (χ2v) is 9.75. The Labute approximate surface area is 210 Å². The number of rotatable bonds is 8. The fraction of sp³-hybridized carbons (Fsp3) is 0.370. The van der Waals surface area contributed by atoms with Crippen LogP contribution in [0.4, 0.5) is 5.69 Å². The van der Waals surface area contributed by atoms with Crippen LogP contribution >= 0.6 is 11.8 Å². The van der Waals surface area contributed by atoms with Crippen LogP contribution in [0.5, 0.6) is 11.5 Å². The standard InChI is InChI=1S/C27H31N3O4S/c1-3-33-23-15-19(13-14-22(23)34-17-25(28)31)16-24-26(32)30(21-12-8-7-9-18(21)2)27(35-24)29-20-10-5-4-6-11-20/h4-6,10-11,13-16,18,21H,3,7-9,12,17H2,1-2H3,(H2,28,31)/b24-16-,29-27?/t18-,21-/m0/s1. The highest BCUT2D eigenvalue weighted by Gasteiger charge is 2.41. The van der Waals surface area contributed by atoms with E-state index in [1.165, 1.54) is 18.2 Å². The minimum Gasteiger partial charge on any atom is -0.490 e. The monoisotopic (exact) mass is 493 g/mol. The lowest BCUT2D eigenvalue weighted by Gasteiger charge is -2.35.